The molecule has 1 rings (SSSR count). The third-order valence-electron chi connectivity index (χ3n) is 1.31. The average molecular weight is 134 g/mol. The van der Waals surface area contributed by atoms with E-state index < -0.39 is 12.8 Å². The Bertz CT molecular complexity index is 153. The predicted molar refractivity (Wildman–Crippen MR) is 34.2 cm³/mol. The van der Waals surface area contributed by atoms with Gasteiger partial charge in [-0.1, -0.05) is 0 Å². The van der Waals surface area contributed by atoms with Crippen molar-refractivity contribution in [2.75, 3.05) is 26.7 Å². The minimum Gasteiger partial charge on any atom is -0.347 e. The van der Waals surface area contributed by atoms with Crippen LogP contribution in [-0.4, -0.2) is 32.5 Å². The molecule has 1 aliphatic rings. The molecular weight excluding hydrogens is 118 g/mol. The molecular formula is C6H13NO2. The lowest BCUT2D eigenvalue weighted by Crippen LogP contribution is -2.37. The van der Waals surface area contributed by atoms with Gasteiger partial charge in [-0.25, -0.2) is 0 Å². The maximum Gasteiger partial charge on any atom is 0.178 e. The molecule has 0 aromatic rings. The summed E-state index contributed by atoms with van der Waals surface area (Å²) in [6, 6.07) is 0. The third kappa shape index (κ3) is 1.64. The quantitative estimate of drug-likeness (QED) is 0.575. The first kappa shape index (κ1) is 3.91. The van der Waals surface area contributed by atoms with E-state index in [-0.39, 0.29) is 6.54 Å². The maximum absolute atomic E-state index is 6.89. The fourth-order valence-corrected chi connectivity index (χ4v) is 0.819. The molecule has 0 saturated carbocycles. The van der Waals surface area contributed by atoms with Crippen LogP contribution in [-0.2, 0) is 9.47 Å². The number of rotatable bonds is 2. The van der Waals surface area contributed by atoms with E-state index in [0.717, 1.165) is 0 Å². The van der Waals surface area contributed by atoms with Crippen LogP contribution in [0.5, 0.6) is 0 Å². The van der Waals surface area contributed by atoms with E-state index in [4.69, 9.17) is 13.6 Å². The van der Waals surface area contributed by atoms with Crippen LogP contribution in [0.2, 0.25) is 0 Å². The molecule has 0 spiro atoms. The van der Waals surface area contributed by atoms with E-state index in [1.165, 1.54) is 0 Å². The zero-order valence-electron chi connectivity index (χ0n) is 8.44. The molecule has 0 aromatic heterocycles. The van der Waals surface area contributed by atoms with Gasteiger partial charge in [0.05, 0.1) is 13.2 Å². The van der Waals surface area contributed by atoms with Gasteiger partial charge in [0, 0.05) is 10.7 Å². The van der Waals surface area contributed by atoms with Crippen molar-refractivity contribution in [3.63, 3.8) is 0 Å². The molecule has 1 heterocycles. The van der Waals surface area contributed by atoms with Gasteiger partial charge in [-0.2, -0.15) is 0 Å². The van der Waals surface area contributed by atoms with Gasteiger partial charge in [0.1, 0.15) is 0 Å². The number of nitrogens with one attached hydrogen (secondary N) is 1. The Labute approximate surface area is 59.5 Å². The fraction of sp³-hybridized carbons (Fsp3) is 1.00. The first-order chi connectivity index (χ1) is 5.41. The number of hydrogen-bond donors (Lipinski definition) is 1. The summed E-state index contributed by atoms with van der Waals surface area (Å²) in [5.74, 6) is -0.769. The standard InChI is InChI=1S/C6H13NO2/c1-6(5-7-2)8-3-4-9-6/h7H,3-5H2,1-2H3/i2D3. The molecule has 0 aliphatic carbocycles. The topological polar surface area (TPSA) is 30.5 Å². The van der Waals surface area contributed by atoms with Crippen molar-refractivity contribution in [2.45, 2.75) is 12.7 Å². The van der Waals surface area contributed by atoms with E-state index in [0.29, 0.717) is 13.2 Å². The fourth-order valence-electron chi connectivity index (χ4n) is 0.819. The second-order valence-corrected chi connectivity index (χ2v) is 2.18. The molecule has 9 heavy (non-hydrogen) atoms. The van der Waals surface area contributed by atoms with Crippen molar-refractivity contribution in [1.29, 1.82) is 0 Å². The van der Waals surface area contributed by atoms with Crippen molar-refractivity contribution in [1.82, 2.24) is 5.32 Å². The van der Waals surface area contributed by atoms with Crippen LogP contribution in [0.15, 0.2) is 0 Å². The van der Waals surface area contributed by atoms with Gasteiger partial charge >= 0.3 is 0 Å². The predicted octanol–water partition coefficient (Wildman–Crippen LogP) is -0.0312. The lowest BCUT2D eigenvalue weighted by molar-refractivity contribution is -0.137. The normalized spacial score (nSPS) is 31.0. The first-order valence-electron chi connectivity index (χ1n) is 4.44. The van der Waals surface area contributed by atoms with Crippen LogP contribution in [0, 0.1) is 0 Å². The van der Waals surface area contributed by atoms with Crippen LogP contribution >= 0.6 is 0 Å². The van der Waals surface area contributed by atoms with Crippen LogP contribution in [0.25, 0.3) is 0 Å². The third-order valence-corrected chi connectivity index (χ3v) is 1.31. The molecule has 1 N–H and O–H groups in total. The molecule has 1 aliphatic heterocycles. The molecule has 0 amide bonds. The summed E-state index contributed by atoms with van der Waals surface area (Å²) >= 11 is 0. The largest absolute Gasteiger partial charge is 0.347 e. The molecule has 3 nitrogen and oxygen atoms in total. The summed E-state index contributed by atoms with van der Waals surface area (Å²) in [7, 11) is 0. The summed E-state index contributed by atoms with van der Waals surface area (Å²) in [4.78, 5) is 0. The van der Waals surface area contributed by atoms with Gasteiger partial charge in [-0.15, -0.1) is 0 Å². The minimum atomic E-state index is -2.13. The van der Waals surface area contributed by atoms with E-state index in [2.05, 4.69) is 5.32 Å². The molecule has 0 radical (unpaired) electrons. The zero-order valence-corrected chi connectivity index (χ0v) is 5.44. The van der Waals surface area contributed by atoms with E-state index in [9.17, 15) is 0 Å². The van der Waals surface area contributed by atoms with Gasteiger partial charge < -0.3 is 14.8 Å². The monoisotopic (exact) mass is 134 g/mol. The smallest absolute Gasteiger partial charge is 0.178 e. The van der Waals surface area contributed by atoms with E-state index in [1.807, 2.05) is 0 Å². The second kappa shape index (κ2) is 2.64. The van der Waals surface area contributed by atoms with Crippen LogP contribution < -0.4 is 5.32 Å². The Hall–Kier alpha value is -0.120. The lowest BCUT2D eigenvalue weighted by Gasteiger charge is -2.20. The van der Waals surface area contributed by atoms with Gasteiger partial charge in [0.25, 0.3) is 0 Å². The summed E-state index contributed by atoms with van der Waals surface area (Å²) in [6.07, 6.45) is 0. The molecule has 1 fully saturated rings. The Balaban J connectivity index is 2.30. The summed E-state index contributed by atoms with van der Waals surface area (Å²) < 4.78 is 31.1. The Morgan fingerprint density at radius 2 is 2.33 bits per heavy atom. The van der Waals surface area contributed by atoms with Crippen LogP contribution in [0.3, 0.4) is 0 Å². The molecule has 3 heteroatoms. The van der Waals surface area contributed by atoms with Crippen molar-refractivity contribution >= 4 is 0 Å². The van der Waals surface area contributed by atoms with Gasteiger partial charge in [-0.05, 0) is 13.9 Å². The number of hydrogen-bond acceptors (Lipinski definition) is 3. The highest BCUT2D eigenvalue weighted by Gasteiger charge is 2.29. The number of likely N-dealkylation sites (N-methyl/N-ethyl adjacent to an activating group) is 1. The minimum absolute atomic E-state index is 0.184. The Kier molecular flexibility index (Phi) is 1.15. The van der Waals surface area contributed by atoms with Crippen LogP contribution in [0.4, 0.5) is 0 Å². The molecule has 0 bridgehead atoms. The van der Waals surface area contributed by atoms with E-state index in [1.54, 1.807) is 6.92 Å². The second-order valence-electron chi connectivity index (χ2n) is 2.18. The van der Waals surface area contributed by atoms with Gasteiger partial charge in [-0.3, -0.25) is 0 Å². The summed E-state index contributed by atoms with van der Waals surface area (Å²) in [6.45, 7) is 0.832. The Morgan fingerprint density at radius 1 is 1.67 bits per heavy atom. The van der Waals surface area contributed by atoms with Crippen molar-refractivity contribution in [2.24, 2.45) is 0 Å². The molecule has 0 atom stereocenters. The molecule has 0 aromatic carbocycles. The highest BCUT2D eigenvalue weighted by atomic mass is 16.7. The molecule has 54 valence electrons. The number of ether oxygens (including phenoxy) is 2. The highest BCUT2D eigenvalue weighted by molar-refractivity contribution is 4.69. The van der Waals surface area contributed by atoms with Crippen molar-refractivity contribution < 1.29 is 13.6 Å². The van der Waals surface area contributed by atoms with Gasteiger partial charge in [0.15, 0.2) is 5.79 Å². The highest BCUT2D eigenvalue weighted by Crippen LogP contribution is 2.16. The maximum atomic E-state index is 6.89. The zero-order chi connectivity index (χ0) is 9.24. The Morgan fingerprint density at radius 3 is 2.89 bits per heavy atom. The lowest BCUT2D eigenvalue weighted by atomic mass is 10.3. The van der Waals surface area contributed by atoms with Crippen molar-refractivity contribution in [3.05, 3.63) is 0 Å². The molecule has 0 unspecified atom stereocenters. The molecule has 1 saturated heterocycles. The van der Waals surface area contributed by atoms with E-state index >= 15 is 0 Å². The van der Waals surface area contributed by atoms with Crippen molar-refractivity contribution in [3.8, 4) is 0 Å². The van der Waals surface area contributed by atoms with Gasteiger partial charge in [0.2, 0.25) is 0 Å². The summed E-state index contributed by atoms with van der Waals surface area (Å²) in [5.41, 5.74) is 0. The average Bonchev–Trinajstić information content (AvgIpc) is 2.32. The van der Waals surface area contributed by atoms with Crippen LogP contribution in [0.1, 0.15) is 11.0 Å². The summed E-state index contributed by atoms with van der Waals surface area (Å²) in [5, 5.41) is 2.35. The first-order valence-corrected chi connectivity index (χ1v) is 2.94. The SMILES string of the molecule is [2H]C([2H])([2H])NCC1(C)OCCO1.